The lowest BCUT2D eigenvalue weighted by atomic mass is 10.1. The fourth-order valence-corrected chi connectivity index (χ4v) is 3.78. The highest BCUT2D eigenvalue weighted by Gasteiger charge is 2.32. The largest absolute Gasteiger partial charge is 0.361 e. The fourth-order valence-electron chi connectivity index (χ4n) is 3.78. The van der Waals surface area contributed by atoms with Crippen molar-refractivity contribution in [1.82, 2.24) is 29.9 Å². The molecule has 1 aromatic carbocycles. The van der Waals surface area contributed by atoms with Crippen LogP contribution >= 0.6 is 0 Å². The van der Waals surface area contributed by atoms with Crippen LogP contribution in [0.4, 0.5) is 10.2 Å². The first kappa shape index (κ1) is 18.7. The molecule has 0 unspecified atom stereocenters. The second-order valence-corrected chi connectivity index (χ2v) is 7.77. The van der Waals surface area contributed by atoms with Crippen molar-refractivity contribution in [2.45, 2.75) is 26.4 Å². The molecule has 3 aromatic heterocycles. The van der Waals surface area contributed by atoms with Crippen molar-refractivity contribution in [3.8, 4) is 11.4 Å². The predicted octanol–water partition coefficient (Wildman–Crippen LogP) is 2.86. The van der Waals surface area contributed by atoms with Crippen LogP contribution in [0.25, 0.3) is 17.0 Å². The predicted molar refractivity (Wildman–Crippen MR) is 110 cm³/mol. The Morgan fingerprint density at radius 2 is 2.00 bits per heavy atom. The van der Waals surface area contributed by atoms with Gasteiger partial charge in [-0.25, -0.2) is 4.39 Å². The Morgan fingerprint density at radius 1 is 1.17 bits per heavy atom. The minimum atomic E-state index is -0.313. The van der Waals surface area contributed by atoms with E-state index < -0.39 is 0 Å². The molecule has 30 heavy (non-hydrogen) atoms. The molecule has 0 bridgehead atoms. The van der Waals surface area contributed by atoms with Crippen LogP contribution in [0.15, 0.2) is 40.9 Å². The van der Waals surface area contributed by atoms with Crippen LogP contribution in [-0.4, -0.2) is 56.0 Å². The van der Waals surface area contributed by atoms with Gasteiger partial charge in [-0.15, -0.1) is 15.3 Å². The summed E-state index contributed by atoms with van der Waals surface area (Å²) >= 11 is 0. The van der Waals surface area contributed by atoms with Gasteiger partial charge in [0, 0.05) is 36.8 Å². The minimum Gasteiger partial charge on any atom is -0.361 e. The maximum Gasteiger partial charge on any atom is 0.185 e. The summed E-state index contributed by atoms with van der Waals surface area (Å²) in [5.41, 5.74) is 3.37. The molecule has 1 fully saturated rings. The van der Waals surface area contributed by atoms with Crippen LogP contribution < -0.4 is 4.90 Å². The van der Waals surface area contributed by atoms with Crippen molar-refractivity contribution in [3.05, 3.63) is 59.2 Å². The van der Waals surface area contributed by atoms with Gasteiger partial charge in [-0.3, -0.25) is 4.90 Å². The molecular weight excluding hydrogens is 385 g/mol. The monoisotopic (exact) mass is 407 g/mol. The van der Waals surface area contributed by atoms with Gasteiger partial charge in [0.2, 0.25) is 0 Å². The van der Waals surface area contributed by atoms with Crippen molar-refractivity contribution in [2.75, 3.05) is 25.0 Å². The third-order valence-corrected chi connectivity index (χ3v) is 5.73. The second kappa shape index (κ2) is 7.17. The number of hydrogen-bond acceptors (Lipinski definition) is 7. The number of hydrogen-bond donors (Lipinski definition) is 0. The zero-order valence-electron chi connectivity index (χ0n) is 17.1. The maximum atomic E-state index is 13.6. The molecule has 0 radical (unpaired) electrons. The van der Waals surface area contributed by atoms with E-state index in [-0.39, 0.29) is 5.82 Å². The first-order chi connectivity index (χ1) is 14.5. The molecule has 5 rings (SSSR count). The topological polar surface area (TPSA) is 75.6 Å². The number of aryl methyl sites for hydroxylation is 2. The highest BCUT2D eigenvalue weighted by molar-refractivity contribution is 5.60. The van der Waals surface area contributed by atoms with Crippen molar-refractivity contribution in [3.63, 3.8) is 0 Å². The Hall–Kier alpha value is -3.33. The number of nitrogens with zero attached hydrogens (tertiary/aromatic N) is 7. The molecule has 4 aromatic rings. The molecule has 0 aliphatic carbocycles. The lowest BCUT2D eigenvalue weighted by Crippen LogP contribution is -2.58. The molecule has 4 heterocycles. The van der Waals surface area contributed by atoms with Gasteiger partial charge in [-0.05, 0) is 45.2 Å². The van der Waals surface area contributed by atoms with Crippen LogP contribution in [0.2, 0.25) is 0 Å². The molecule has 0 saturated carbocycles. The van der Waals surface area contributed by atoms with E-state index in [1.54, 1.807) is 16.6 Å². The Balaban J connectivity index is 1.32. The molecule has 9 heteroatoms. The van der Waals surface area contributed by atoms with Gasteiger partial charge in [-0.2, -0.15) is 4.52 Å². The van der Waals surface area contributed by atoms with Gasteiger partial charge in [0.15, 0.2) is 11.5 Å². The Morgan fingerprint density at radius 3 is 2.73 bits per heavy atom. The first-order valence-electron chi connectivity index (χ1n) is 9.85. The number of benzene rings is 1. The van der Waals surface area contributed by atoms with E-state index in [1.807, 2.05) is 26.0 Å². The Kier molecular flexibility index (Phi) is 4.47. The number of halogens is 1. The highest BCUT2D eigenvalue weighted by atomic mass is 19.1. The number of anilines is 1. The van der Waals surface area contributed by atoms with E-state index in [1.165, 1.54) is 12.1 Å². The summed E-state index contributed by atoms with van der Waals surface area (Å²) in [5, 5.41) is 17.1. The van der Waals surface area contributed by atoms with Crippen molar-refractivity contribution >= 4 is 11.5 Å². The van der Waals surface area contributed by atoms with Gasteiger partial charge in [0.05, 0.1) is 5.69 Å². The van der Waals surface area contributed by atoms with Crippen LogP contribution in [0.3, 0.4) is 0 Å². The molecular formula is C21H22FN7O. The van der Waals surface area contributed by atoms with Gasteiger partial charge >= 0.3 is 0 Å². The zero-order valence-corrected chi connectivity index (χ0v) is 17.1. The highest BCUT2D eigenvalue weighted by Crippen LogP contribution is 2.25. The third kappa shape index (κ3) is 3.21. The number of rotatable bonds is 5. The van der Waals surface area contributed by atoms with Crippen LogP contribution in [-0.2, 0) is 6.54 Å². The zero-order chi connectivity index (χ0) is 20.8. The number of fused-ring (bicyclic) bond motifs is 1. The number of likely N-dealkylation sites (N-methyl/N-ethyl adjacent to an activating group) is 1. The third-order valence-electron chi connectivity index (χ3n) is 5.73. The second-order valence-electron chi connectivity index (χ2n) is 7.77. The van der Waals surface area contributed by atoms with E-state index in [0.717, 1.165) is 42.5 Å². The van der Waals surface area contributed by atoms with Crippen LogP contribution in [0.1, 0.15) is 17.0 Å². The Labute approximate surface area is 172 Å². The molecule has 1 aliphatic heterocycles. The summed E-state index contributed by atoms with van der Waals surface area (Å²) in [5.74, 6) is 1.94. The van der Waals surface area contributed by atoms with E-state index >= 15 is 0 Å². The maximum absolute atomic E-state index is 13.6. The average Bonchev–Trinajstić information content (AvgIpc) is 3.25. The standard InChI is InChI=1S/C21H22FN7O/c1-13-18(14(2)30-26-13)12-27(3)17-10-28(11-17)20-8-7-19-23-24-21(29(19)25-20)15-5-4-6-16(22)9-15/h4-9,17H,10-12H2,1-3H3. The smallest absolute Gasteiger partial charge is 0.185 e. The molecule has 0 N–H and O–H groups in total. The number of aromatic nitrogens is 5. The fraction of sp³-hybridized carbons (Fsp3) is 0.333. The first-order valence-corrected chi connectivity index (χ1v) is 9.85. The molecule has 8 nitrogen and oxygen atoms in total. The van der Waals surface area contributed by atoms with Crippen LogP contribution in [0.5, 0.6) is 0 Å². The summed E-state index contributed by atoms with van der Waals surface area (Å²) in [7, 11) is 2.12. The van der Waals surface area contributed by atoms with Gasteiger partial charge in [-0.1, -0.05) is 17.3 Å². The van der Waals surface area contributed by atoms with Crippen molar-refractivity contribution in [2.24, 2.45) is 0 Å². The summed E-state index contributed by atoms with van der Waals surface area (Å²) < 4.78 is 20.6. The van der Waals surface area contributed by atoms with Crippen molar-refractivity contribution < 1.29 is 8.91 Å². The summed E-state index contributed by atoms with van der Waals surface area (Å²) in [6.45, 7) is 6.47. The summed E-state index contributed by atoms with van der Waals surface area (Å²) in [6, 6.07) is 10.6. The van der Waals surface area contributed by atoms with E-state index in [4.69, 9.17) is 9.62 Å². The molecule has 1 saturated heterocycles. The molecule has 154 valence electrons. The van der Waals surface area contributed by atoms with Gasteiger partial charge in [0.1, 0.15) is 17.4 Å². The normalized spacial score (nSPS) is 14.6. The van der Waals surface area contributed by atoms with E-state index in [0.29, 0.717) is 23.1 Å². The van der Waals surface area contributed by atoms with E-state index in [9.17, 15) is 4.39 Å². The quantitative estimate of drug-likeness (QED) is 0.504. The molecule has 1 aliphatic rings. The summed E-state index contributed by atoms with van der Waals surface area (Å²) in [4.78, 5) is 4.53. The Bertz CT molecular complexity index is 1190. The molecule has 0 atom stereocenters. The van der Waals surface area contributed by atoms with E-state index in [2.05, 4.69) is 32.2 Å². The van der Waals surface area contributed by atoms with Crippen molar-refractivity contribution in [1.29, 1.82) is 0 Å². The van der Waals surface area contributed by atoms with Gasteiger partial charge < -0.3 is 9.42 Å². The average molecular weight is 407 g/mol. The lowest BCUT2D eigenvalue weighted by molar-refractivity contribution is 0.195. The van der Waals surface area contributed by atoms with Gasteiger partial charge in [0.25, 0.3) is 0 Å². The lowest BCUT2D eigenvalue weighted by Gasteiger charge is -2.44. The molecule has 0 spiro atoms. The summed E-state index contributed by atoms with van der Waals surface area (Å²) in [6.07, 6.45) is 0. The minimum absolute atomic E-state index is 0.313. The SMILES string of the molecule is Cc1noc(C)c1CN(C)C1CN(c2ccc3nnc(-c4cccc(F)c4)n3n2)C1. The molecule has 0 amide bonds. The van der Waals surface area contributed by atoms with Crippen LogP contribution in [0, 0.1) is 19.7 Å².